The van der Waals surface area contributed by atoms with Crippen LogP contribution in [0.2, 0.25) is 0 Å². The minimum atomic E-state index is -3.39. The number of carboxylic acids is 1. The Morgan fingerprint density at radius 1 is 1.11 bits per heavy atom. The van der Waals surface area contributed by atoms with Gasteiger partial charge in [0.25, 0.3) is 0 Å². The van der Waals surface area contributed by atoms with Crippen molar-refractivity contribution in [2.45, 2.75) is 44.8 Å². The fourth-order valence-corrected chi connectivity index (χ4v) is 4.75. The zero-order valence-corrected chi connectivity index (χ0v) is 16.2. The summed E-state index contributed by atoms with van der Waals surface area (Å²) in [7, 11) is -3.39. The maximum atomic E-state index is 10.5. The van der Waals surface area contributed by atoms with E-state index in [2.05, 4.69) is 4.72 Å². The van der Waals surface area contributed by atoms with Gasteiger partial charge in [-0.3, -0.25) is 18.2 Å². The van der Waals surface area contributed by atoms with Crippen molar-refractivity contribution in [3.63, 3.8) is 0 Å². The molecule has 3 rings (SSSR count). The van der Waals surface area contributed by atoms with Crippen molar-refractivity contribution >= 4 is 33.4 Å². The van der Waals surface area contributed by atoms with Gasteiger partial charge in [0.1, 0.15) is 17.7 Å². The number of aliphatic hydroxyl groups is 1. The zero-order valence-electron chi connectivity index (χ0n) is 15.4. The highest BCUT2D eigenvalue weighted by atomic mass is 32.3. The van der Waals surface area contributed by atoms with E-state index < -0.39 is 23.2 Å². The number of β-amino-alcohol motifs (C(OH)–C–C–N with tert-alkyl or cyclic N) is 1. The number of anilines is 1. The summed E-state index contributed by atoms with van der Waals surface area (Å²) in [5, 5.41) is 30.3. The third-order valence-electron chi connectivity index (χ3n) is 4.81. The van der Waals surface area contributed by atoms with E-state index in [0.717, 1.165) is 42.0 Å². The normalized spacial score (nSPS) is 19.8. The number of aliphatic hydroxyl groups excluding tert-OH is 1. The highest BCUT2D eigenvalue weighted by molar-refractivity contribution is 8.24. The number of benzene rings is 2. The summed E-state index contributed by atoms with van der Waals surface area (Å²) < 4.78 is 23.7. The molecule has 1 atom stereocenters. The molecule has 28 heavy (non-hydrogen) atoms. The van der Waals surface area contributed by atoms with Gasteiger partial charge in [-0.15, -0.1) is 0 Å². The van der Waals surface area contributed by atoms with Crippen molar-refractivity contribution in [1.29, 1.82) is 0 Å². The van der Waals surface area contributed by atoms with Gasteiger partial charge in [-0.2, -0.15) is 4.72 Å². The second-order valence-electron chi connectivity index (χ2n) is 7.04. The van der Waals surface area contributed by atoms with E-state index >= 15 is 0 Å². The molecular weight excluding hydrogens is 384 g/mol. The van der Waals surface area contributed by atoms with Crippen LogP contribution in [-0.2, 0) is 11.2 Å². The van der Waals surface area contributed by atoms with Crippen molar-refractivity contribution in [3.8, 4) is 5.75 Å². The van der Waals surface area contributed by atoms with Gasteiger partial charge in [-0.05, 0) is 47.7 Å². The number of fused-ring (bicyclic) bond motifs is 1. The number of aliphatic carboxylic acids is 1. The van der Waals surface area contributed by atoms with Crippen LogP contribution < -0.4 is 9.03 Å². The molecule has 0 aliphatic carbocycles. The Labute approximate surface area is 165 Å². The summed E-state index contributed by atoms with van der Waals surface area (Å²) in [5.74, 6) is -0.847. The molecule has 2 aromatic rings. The molecule has 1 aliphatic heterocycles. The van der Waals surface area contributed by atoms with Gasteiger partial charge >= 0.3 is 5.97 Å². The predicted molar refractivity (Wildman–Crippen MR) is 109 cm³/mol. The largest absolute Gasteiger partial charge is 0.506 e. The average molecular weight is 410 g/mol. The third-order valence-corrected chi connectivity index (χ3v) is 6.36. The lowest BCUT2D eigenvalue weighted by atomic mass is 10.0. The number of hydrogen-bond acceptors (Lipinski definition) is 7. The van der Waals surface area contributed by atoms with Crippen LogP contribution in [0, 0.1) is 0 Å². The molecule has 8 nitrogen and oxygen atoms in total. The first kappa shape index (κ1) is 20.7. The van der Waals surface area contributed by atoms with Crippen LogP contribution in [0.4, 0.5) is 5.69 Å². The minimum Gasteiger partial charge on any atom is -0.506 e. The lowest BCUT2D eigenvalue weighted by Crippen LogP contribution is -2.25. The Bertz CT molecular complexity index is 860. The lowest BCUT2D eigenvalue weighted by molar-refractivity contribution is -0.137. The molecule has 1 fully saturated rings. The van der Waals surface area contributed by atoms with Crippen molar-refractivity contribution in [2.24, 2.45) is 0 Å². The number of aryl methyl sites for hydroxylation is 1. The number of nitrogens with one attached hydrogen (secondary N) is 1. The molecule has 1 unspecified atom stereocenters. The van der Waals surface area contributed by atoms with E-state index in [9.17, 15) is 24.1 Å². The van der Waals surface area contributed by atoms with Crippen LogP contribution in [0.1, 0.15) is 37.7 Å². The molecular formula is C19H26N2O6S. The summed E-state index contributed by atoms with van der Waals surface area (Å²) in [5.41, 5.74) is 1.37. The highest BCUT2D eigenvalue weighted by Gasteiger charge is 2.36. The Hall–Kier alpha value is -2.04. The Kier molecular flexibility index (Phi) is 6.31. The zero-order chi connectivity index (χ0) is 20.3. The van der Waals surface area contributed by atoms with E-state index in [1.165, 1.54) is 4.31 Å². The standard InChI is InChI=1S/C19H26N2O6S/c22-17-11-14-8-7-13(5-3-1-2-4-6-19(24)25)9-15(14)10-16(17)21-12-18(23)20-28(21,26)27/h7-11,18,20,22-23,26-27H,1-6,12H2,(H,24,25). The molecule has 1 aliphatic rings. The quantitative estimate of drug-likeness (QED) is 0.365. The predicted octanol–water partition coefficient (Wildman–Crippen LogP) is 3.43. The molecule has 0 radical (unpaired) electrons. The molecule has 1 heterocycles. The number of unbranched alkanes of at least 4 members (excludes halogenated alkanes) is 3. The number of phenolic OH excluding ortho intramolecular Hbond substituents is 1. The minimum absolute atomic E-state index is 0.0442. The number of hydrogen-bond donors (Lipinski definition) is 6. The number of nitrogens with zero attached hydrogens (tertiary/aromatic N) is 1. The monoisotopic (exact) mass is 410 g/mol. The molecule has 0 spiro atoms. The number of phenols is 1. The molecule has 2 aromatic carbocycles. The molecule has 0 saturated carbocycles. The van der Waals surface area contributed by atoms with Crippen molar-refractivity contribution in [3.05, 3.63) is 35.9 Å². The molecule has 154 valence electrons. The van der Waals surface area contributed by atoms with Gasteiger partial charge < -0.3 is 15.3 Å². The van der Waals surface area contributed by atoms with E-state index in [4.69, 9.17) is 5.11 Å². The number of rotatable bonds is 8. The fourth-order valence-electron chi connectivity index (χ4n) is 3.42. The van der Waals surface area contributed by atoms with Crippen LogP contribution in [0.15, 0.2) is 30.3 Å². The van der Waals surface area contributed by atoms with Gasteiger partial charge in [-0.1, -0.05) is 42.0 Å². The summed E-state index contributed by atoms with van der Waals surface area (Å²) in [6.45, 7) is -0.0442. The lowest BCUT2D eigenvalue weighted by Gasteiger charge is -2.37. The van der Waals surface area contributed by atoms with Crippen LogP contribution in [0.5, 0.6) is 5.75 Å². The number of carbonyl (C=O) groups is 1. The van der Waals surface area contributed by atoms with E-state index in [1.54, 1.807) is 12.1 Å². The van der Waals surface area contributed by atoms with Gasteiger partial charge in [0, 0.05) is 6.42 Å². The van der Waals surface area contributed by atoms with Crippen molar-refractivity contribution < 1.29 is 29.2 Å². The SMILES string of the molecule is O=C(O)CCCCCCc1ccc2cc(O)c(N3CC(O)NS3(O)O)cc2c1. The van der Waals surface area contributed by atoms with Crippen LogP contribution in [0.3, 0.4) is 0 Å². The van der Waals surface area contributed by atoms with E-state index in [0.29, 0.717) is 6.42 Å². The summed E-state index contributed by atoms with van der Waals surface area (Å²) in [4.78, 5) is 10.5. The maximum Gasteiger partial charge on any atom is 0.303 e. The molecule has 6 N–H and O–H groups in total. The first-order chi connectivity index (χ1) is 13.3. The summed E-state index contributed by atoms with van der Waals surface area (Å²) in [6.07, 6.45) is 3.48. The van der Waals surface area contributed by atoms with Crippen LogP contribution in [0.25, 0.3) is 10.8 Å². The topological polar surface area (TPSA) is 133 Å². The van der Waals surface area contributed by atoms with Crippen LogP contribution in [-0.4, -0.2) is 43.2 Å². The van der Waals surface area contributed by atoms with Gasteiger partial charge in [-0.25, -0.2) is 0 Å². The van der Waals surface area contributed by atoms with Crippen LogP contribution >= 0.6 is 11.0 Å². The smallest absolute Gasteiger partial charge is 0.303 e. The second kappa shape index (κ2) is 8.54. The number of aromatic hydroxyl groups is 1. The van der Waals surface area contributed by atoms with Gasteiger partial charge in [0.15, 0.2) is 0 Å². The first-order valence-corrected chi connectivity index (χ1v) is 10.8. The Balaban J connectivity index is 1.71. The first-order valence-electron chi connectivity index (χ1n) is 9.25. The Morgan fingerprint density at radius 2 is 1.86 bits per heavy atom. The fraction of sp³-hybridized carbons (Fsp3) is 0.421. The summed E-state index contributed by atoms with van der Waals surface area (Å²) in [6, 6.07) is 9.16. The average Bonchev–Trinajstić information content (AvgIpc) is 2.89. The molecule has 9 heteroatoms. The molecule has 0 amide bonds. The maximum absolute atomic E-state index is 10.5. The molecule has 0 bridgehead atoms. The Morgan fingerprint density at radius 3 is 2.54 bits per heavy atom. The summed E-state index contributed by atoms with van der Waals surface area (Å²) >= 11 is 0. The van der Waals surface area contributed by atoms with E-state index in [1.807, 2.05) is 18.2 Å². The molecule has 0 aromatic heterocycles. The van der Waals surface area contributed by atoms with Crippen molar-refractivity contribution in [2.75, 3.05) is 10.8 Å². The number of carboxylic acid groups (broad SMARTS) is 1. The van der Waals surface area contributed by atoms with E-state index in [-0.39, 0.29) is 24.4 Å². The molecule has 1 saturated heterocycles. The third kappa shape index (κ3) is 4.86. The second-order valence-corrected chi connectivity index (χ2v) is 8.76. The van der Waals surface area contributed by atoms with Gasteiger partial charge in [0.2, 0.25) is 0 Å². The van der Waals surface area contributed by atoms with Gasteiger partial charge in [0.05, 0.1) is 6.54 Å². The van der Waals surface area contributed by atoms with Crippen molar-refractivity contribution in [1.82, 2.24) is 4.72 Å². The highest BCUT2D eigenvalue weighted by Crippen LogP contribution is 2.50.